The molecule has 0 unspecified atom stereocenters. The lowest BCUT2D eigenvalue weighted by Crippen LogP contribution is -2.07. The summed E-state index contributed by atoms with van der Waals surface area (Å²) >= 11 is 1.39. The second kappa shape index (κ2) is 4.37. The molecule has 1 heterocycles. The Bertz CT molecular complexity index is 566. The van der Waals surface area contributed by atoms with Crippen molar-refractivity contribution in [2.24, 2.45) is 0 Å². The van der Waals surface area contributed by atoms with Gasteiger partial charge in [-0.25, -0.2) is 9.37 Å². The Morgan fingerprint density at radius 3 is 2.53 bits per heavy atom. The molecule has 0 saturated heterocycles. The van der Waals surface area contributed by atoms with Crippen LogP contribution in [0.2, 0.25) is 0 Å². The number of aryl methyl sites for hydroxylation is 3. The zero-order chi connectivity index (χ0) is 12.6. The van der Waals surface area contributed by atoms with Gasteiger partial charge in [-0.1, -0.05) is 6.07 Å². The Balaban J connectivity index is 2.51. The number of nitrogens with zero attached hydrogens (tertiary/aromatic N) is 1. The van der Waals surface area contributed by atoms with Crippen molar-refractivity contribution in [3.8, 4) is 0 Å². The van der Waals surface area contributed by atoms with Crippen LogP contribution in [0.5, 0.6) is 0 Å². The maximum Gasteiger partial charge on any atom is 0.215 e. The minimum absolute atomic E-state index is 0.126. The first-order chi connectivity index (χ1) is 7.99. The fourth-order valence-electron chi connectivity index (χ4n) is 1.80. The number of benzene rings is 1. The van der Waals surface area contributed by atoms with Crippen LogP contribution in [0.4, 0.5) is 4.39 Å². The van der Waals surface area contributed by atoms with E-state index in [4.69, 9.17) is 0 Å². The van der Waals surface area contributed by atoms with Gasteiger partial charge in [0.1, 0.15) is 11.5 Å². The van der Waals surface area contributed by atoms with Crippen molar-refractivity contribution in [2.45, 2.75) is 20.8 Å². The monoisotopic (exact) mass is 249 g/mol. The topological polar surface area (TPSA) is 30.0 Å². The summed E-state index contributed by atoms with van der Waals surface area (Å²) in [5, 5.41) is 2.47. The number of carbonyl (C=O) groups excluding carboxylic acids is 1. The van der Waals surface area contributed by atoms with Gasteiger partial charge in [0.25, 0.3) is 0 Å². The van der Waals surface area contributed by atoms with Gasteiger partial charge < -0.3 is 0 Å². The Morgan fingerprint density at radius 1 is 1.29 bits per heavy atom. The maximum atomic E-state index is 13.8. The van der Waals surface area contributed by atoms with E-state index in [2.05, 4.69) is 4.98 Å². The Labute approximate surface area is 103 Å². The fraction of sp³-hybridized carbons (Fsp3) is 0.231. The fourth-order valence-corrected chi connectivity index (χ4v) is 2.39. The lowest BCUT2D eigenvalue weighted by molar-refractivity contribution is 0.103. The Morgan fingerprint density at radius 2 is 2.00 bits per heavy atom. The maximum absolute atomic E-state index is 13.8. The standard InChI is InChI=1S/C13H12FNOS/c1-7-4-8(2)12(10(14)5-7)13(16)11-6-17-9(3)15-11/h4-6H,1-3H3. The van der Waals surface area contributed by atoms with E-state index in [9.17, 15) is 9.18 Å². The van der Waals surface area contributed by atoms with E-state index < -0.39 is 5.82 Å². The first-order valence-corrected chi connectivity index (χ1v) is 6.10. The van der Waals surface area contributed by atoms with Crippen molar-refractivity contribution in [1.29, 1.82) is 0 Å². The van der Waals surface area contributed by atoms with Crippen LogP contribution in [0.3, 0.4) is 0 Å². The molecule has 0 atom stereocenters. The second-order valence-electron chi connectivity index (χ2n) is 4.02. The molecule has 0 saturated carbocycles. The molecular formula is C13H12FNOS. The van der Waals surface area contributed by atoms with Gasteiger partial charge in [0.15, 0.2) is 0 Å². The summed E-state index contributed by atoms with van der Waals surface area (Å²) < 4.78 is 13.8. The molecule has 0 aliphatic rings. The van der Waals surface area contributed by atoms with Gasteiger partial charge >= 0.3 is 0 Å². The molecule has 4 heteroatoms. The van der Waals surface area contributed by atoms with Gasteiger partial charge in [-0.3, -0.25) is 4.79 Å². The molecule has 0 spiro atoms. The van der Waals surface area contributed by atoms with Crippen molar-refractivity contribution < 1.29 is 9.18 Å². The zero-order valence-corrected chi connectivity index (χ0v) is 10.7. The van der Waals surface area contributed by atoms with Crippen LogP contribution in [0.15, 0.2) is 17.5 Å². The van der Waals surface area contributed by atoms with Gasteiger partial charge in [0.2, 0.25) is 5.78 Å². The van der Waals surface area contributed by atoms with Gasteiger partial charge in [-0.05, 0) is 38.0 Å². The lowest BCUT2D eigenvalue weighted by Gasteiger charge is -2.06. The van der Waals surface area contributed by atoms with Crippen LogP contribution >= 0.6 is 11.3 Å². The smallest absolute Gasteiger partial charge is 0.215 e. The van der Waals surface area contributed by atoms with Crippen molar-refractivity contribution in [3.05, 3.63) is 50.7 Å². The van der Waals surface area contributed by atoms with Crippen LogP contribution in [-0.4, -0.2) is 10.8 Å². The Hall–Kier alpha value is -1.55. The highest BCUT2D eigenvalue weighted by molar-refractivity contribution is 7.09. The molecule has 1 aromatic carbocycles. The highest BCUT2D eigenvalue weighted by Gasteiger charge is 2.19. The van der Waals surface area contributed by atoms with Crippen molar-refractivity contribution in [1.82, 2.24) is 4.98 Å². The number of hydrogen-bond donors (Lipinski definition) is 0. The molecule has 17 heavy (non-hydrogen) atoms. The van der Waals surface area contributed by atoms with E-state index in [-0.39, 0.29) is 11.3 Å². The van der Waals surface area contributed by atoms with E-state index in [1.54, 1.807) is 25.3 Å². The Kier molecular flexibility index (Phi) is 3.07. The van der Waals surface area contributed by atoms with Crippen LogP contribution in [0.25, 0.3) is 0 Å². The quantitative estimate of drug-likeness (QED) is 0.763. The number of ketones is 1. The average Bonchev–Trinajstić information content (AvgIpc) is 2.63. The summed E-state index contributed by atoms with van der Waals surface area (Å²) in [6.07, 6.45) is 0. The summed E-state index contributed by atoms with van der Waals surface area (Å²) in [5.74, 6) is -0.817. The minimum atomic E-state index is -0.474. The third-order valence-corrected chi connectivity index (χ3v) is 3.28. The number of hydrogen-bond acceptors (Lipinski definition) is 3. The molecule has 88 valence electrons. The number of halogens is 1. The largest absolute Gasteiger partial charge is 0.287 e. The highest BCUT2D eigenvalue weighted by Crippen LogP contribution is 2.20. The molecule has 0 aliphatic heterocycles. The van der Waals surface area contributed by atoms with E-state index in [1.165, 1.54) is 17.4 Å². The molecule has 0 N–H and O–H groups in total. The van der Waals surface area contributed by atoms with Gasteiger partial charge in [-0.15, -0.1) is 11.3 Å². The molecule has 1 aromatic heterocycles. The van der Waals surface area contributed by atoms with Gasteiger partial charge in [0.05, 0.1) is 10.6 Å². The first-order valence-electron chi connectivity index (χ1n) is 5.22. The number of rotatable bonds is 2. The molecule has 0 radical (unpaired) electrons. The number of thiazole rings is 1. The molecule has 2 aromatic rings. The average molecular weight is 249 g/mol. The predicted octanol–water partition coefficient (Wildman–Crippen LogP) is 3.44. The summed E-state index contributed by atoms with van der Waals surface area (Å²) in [7, 11) is 0. The highest BCUT2D eigenvalue weighted by atomic mass is 32.1. The van der Waals surface area contributed by atoms with Crippen molar-refractivity contribution in [2.75, 3.05) is 0 Å². The molecule has 2 rings (SSSR count). The predicted molar refractivity (Wildman–Crippen MR) is 66.2 cm³/mol. The molecular weight excluding hydrogens is 237 g/mol. The van der Waals surface area contributed by atoms with Crippen LogP contribution in [-0.2, 0) is 0 Å². The molecule has 0 aliphatic carbocycles. The van der Waals surface area contributed by atoms with Crippen molar-refractivity contribution in [3.63, 3.8) is 0 Å². The number of aromatic nitrogens is 1. The summed E-state index contributed by atoms with van der Waals surface area (Å²) in [6.45, 7) is 5.36. The third kappa shape index (κ3) is 2.26. The van der Waals surface area contributed by atoms with E-state index in [1.807, 2.05) is 6.92 Å². The lowest BCUT2D eigenvalue weighted by atomic mass is 10.00. The van der Waals surface area contributed by atoms with Crippen molar-refractivity contribution >= 4 is 17.1 Å². The molecule has 0 fully saturated rings. The van der Waals surface area contributed by atoms with Gasteiger partial charge in [-0.2, -0.15) is 0 Å². The number of carbonyl (C=O) groups is 1. The molecule has 2 nitrogen and oxygen atoms in total. The van der Waals surface area contributed by atoms with Crippen LogP contribution in [0, 0.1) is 26.6 Å². The van der Waals surface area contributed by atoms with Gasteiger partial charge in [0, 0.05) is 5.38 Å². The molecule has 0 amide bonds. The SMILES string of the molecule is Cc1cc(C)c(C(=O)c2csc(C)n2)c(F)c1. The van der Waals surface area contributed by atoms with Crippen LogP contribution in [0.1, 0.15) is 32.2 Å². The summed E-state index contributed by atoms with van der Waals surface area (Å²) in [5.41, 5.74) is 1.91. The van der Waals surface area contributed by atoms with E-state index >= 15 is 0 Å². The minimum Gasteiger partial charge on any atom is -0.287 e. The normalized spacial score (nSPS) is 10.6. The first kappa shape index (κ1) is 11.9. The van der Waals surface area contributed by atoms with E-state index in [0.717, 1.165) is 10.6 Å². The van der Waals surface area contributed by atoms with Crippen LogP contribution < -0.4 is 0 Å². The molecule has 0 bridgehead atoms. The summed E-state index contributed by atoms with van der Waals surface area (Å²) in [4.78, 5) is 16.2. The second-order valence-corrected chi connectivity index (χ2v) is 5.08. The third-order valence-electron chi connectivity index (χ3n) is 2.51. The summed E-state index contributed by atoms with van der Waals surface area (Å²) in [6, 6.07) is 3.18. The van der Waals surface area contributed by atoms with E-state index in [0.29, 0.717) is 11.3 Å². The zero-order valence-electron chi connectivity index (χ0n) is 9.87.